The number of halogens is 2. The van der Waals surface area contributed by atoms with Gasteiger partial charge in [-0.05, 0) is 12.1 Å². The summed E-state index contributed by atoms with van der Waals surface area (Å²) >= 11 is 11.7. The monoisotopic (exact) mass is 274 g/mol. The van der Waals surface area contributed by atoms with E-state index in [1.54, 1.807) is 0 Å². The molecule has 0 amide bonds. The number of rotatable bonds is 2. The van der Waals surface area contributed by atoms with E-state index >= 15 is 0 Å². The molecule has 2 rings (SSSR count). The van der Waals surface area contributed by atoms with Crippen molar-refractivity contribution in [3.8, 4) is 16.9 Å². The molecule has 1 aromatic carbocycles. The van der Waals surface area contributed by atoms with Crippen LogP contribution in [0.5, 0.6) is 5.75 Å². The molecule has 4 N–H and O–H groups in total. The molecule has 2 aromatic rings. The lowest BCUT2D eigenvalue weighted by Gasteiger charge is -2.17. The van der Waals surface area contributed by atoms with Gasteiger partial charge in [-0.15, -0.1) is 0 Å². The van der Waals surface area contributed by atoms with E-state index in [0.29, 0.717) is 10.6 Å². The van der Waals surface area contributed by atoms with Gasteiger partial charge in [0.1, 0.15) is 10.8 Å². The van der Waals surface area contributed by atoms with E-state index in [-0.39, 0.29) is 22.0 Å². The lowest BCUT2D eigenvalue weighted by Crippen LogP contribution is -2.99. The number of hydrogen-bond acceptors (Lipinski definition) is 3. The third-order valence-electron chi connectivity index (χ3n) is 2.31. The minimum Gasteiger partial charge on any atom is -0.595 e. The standard InChI is InChI=1S/C10H8Cl2N2O3/c11-6-1-2-8(15)9(10(6)14(16)17)5-3-13-4-7(5)12/h1-4,13-16H. The Kier molecular flexibility index (Phi) is 3.28. The number of benzene rings is 1. The average molecular weight is 275 g/mol. The third-order valence-corrected chi connectivity index (χ3v) is 2.94. The number of H-pyrrole nitrogens is 1. The van der Waals surface area contributed by atoms with Gasteiger partial charge in [0.25, 0.3) is 0 Å². The molecule has 0 spiro atoms. The molecule has 0 bridgehead atoms. The van der Waals surface area contributed by atoms with Crippen molar-refractivity contribution >= 4 is 28.9 Å². The lowest BCUT2D eigenvalue weighted by atomic mass is 10.1. The highest BCUT2D eigenvalue weighted by molar-refractivity contribution is 6.35. The summed E-state index contributed by atoms with van der Waals surface area (Å²) in [4.78, 5) is 2.73. The van der Waals surface area contributed by atoms with Crippen molar-refractivity contribution in [1.29, 1.82) is 0 Å². The Morgan fingerprint density at radius 2 is 1.88 bits per heavy atom. The van der Waals surface area contributed by atoms with Gasteiger partial charge in [0.2, 0.25) is 0 Å². The molecule has 0 fully saturated rings. The second-order valence-corrected chi connectivity index (χ2v) is 4.15. The summed E-state index contributed by atoms with van der Waals surface area (Å²) in [6.45, 7) is 0. The van der Waals surface area contributed by atoms with E-state index in [1.165, 1.54) is 24.5 Å². The first kappa shape index (κ1) is 12.2. The van der Waals surface area contributed by atoms with Crippen molar-refractivity contribution in [1.82, 2.24) is 4.98 Å². The third kappa shape index (κ3) is 2.11. The first-order valence-corrected chi connectivity index (χ1v) is 5.35. The van der Waals surface area contributed by atoms with Crippen LogP contribution in [-0.2, 0) is 0 Å². The fraction of sp³-hybridized carbons (Fsp3) is 0. The summed E-state index contributed by atoms with van der Waals surface area (Å²) in [5, 5.41) is 29.2. The van der Waals surface area contributed by atoms with Crippen molar-refractivity contribution in [2.45, 2.75) is 0 Å². The molecule has 1 heterocycles. The fourth-order valence-electron chi connectivity index (χ4n) is 1.58. The van der Waals surface area contributed by atoms with Crippen molar-refractivity contribution in [2.75, 3.05) is 0 Å². The average Bonchev–Trinajstić information content (AvgIpc) is 2.67. The van der Waals surface area contributed by atoms with Gasteiger partial charge in [-0.1, -0.05) is 23.2 Å². The summed E-state index contributed by atoms with van der Waals surface area (Å²) in [6, 6.07) is 2.65. The highest BCUT2D eigenvalue weighted by atomic mass is 35.5. The van der Waals surface area contributed by atoms with E-state index < -0.39 is 5.23 Å². The molecular formula is C10H8Cl2N2O3. The topological polar surface area (TPSA) is 83.8 Å². The molecule has 0 aliphatic heterocycles. The molecule has 90 valence electrons. The van der Waals surface area contributed by atoms with Crippen LogP contribution in [0.2, 0.25) is 10.0 Å². The predicted molar refractivity (Wildman–Crippen MR) is 63.7 cm³/mol. The van der Waals surface area contributed by atoms with Gasteiger partial charge in [-0.2, -0.15) is 5.23 Å². The van der Waals surface area contributed by atoms with Crippen LogP contribution < -0.4 is 5.23 Å². The normalized spacial score (nSPS) is 12.7. The molecule has 0 saturated carbocycles. The molecule has 5 nitrogen and oxygen atoms in total. The second-order valence-electron chi connectivity index (χ2n) is 3.34. The summed E-state index contributed by atoms with van der Waals surface area (Å²) in [5.74, 6) is -0.187. The Labute approximate surface area is 106 Å². The quantitative estimate of drug-likeness (QED) is 0.633. The van der Waals surface area contributed by atoms with Crippen LogP contribution in [0.4, 0.5) is 5.69 Å². The highest BCUT2D eigenvalue weighted by Gasteiger charge is 2.22. The molecule has 0 aliphatic carbocycles. The second kappa shape index (κ2) is 4.56. The van der Waals surface area contributed by atoms with Crippen LogP contribution in [0, 0.1) is 5.21 Å². The maximum Gasteiger partial charge on any atom is 0.194 e. The molecule has 0 aliphatic rings. The molecule has 0 radical (unpaired) electrons. The van der Waals surface area contributed by atoms with Gasteiger partial charge in [-0.25, -0.2) is 5.21 Å². The van der Waals surface area contributed by atoms with Crippen molar-refractivity contribution in [2.24, 2.45) is 0 Å². The van der Waals surface area contributed by atoms with Crippen LogP contribution in [0.3, 0.4) is 0 Å². The van der Waals surface area contributed by atoms with Gasteiger partial charge in [0, 0.05) is 18.0 Å². The molecule has 17 heavy (non-hydrogen) atoms. The molecule has 0 saturated heterocycles. The van der Waals surface area contributed by atoms with Gasteiger partial charge >= 0.3 is 0 Å². The molecule has 7 heteroatoms. The molecule has 1 unspecified atom stereocenters. The zero-order chi connectivity index (χ0) is 12.6. The van der Waals surface area contributed by atoms with E-state index in [2.05, 4.69) is 4.98 Å². The van der Waals surface area contributed by atoms with E-state index in [9.17, 15) is 10.3 Å². The zero-order valence-electron chi connectivity index (χ0n) is 8.37. The number of phenols is 1. The Balaban J connectivity index is 2.76. The van der Waals surface area contributed by atoms with Crippen LogP contribution in [-0.4, -0.2) is 15.3 Å². The first-order chi connectivity index (χ1) is 8.02. The molecule has 1 atom stereocenters. The summed E-state index contributed by atoms with van der Waals surface area (Å²) < 4.78 is 0. The number of aromatic hydroxyl groups is 1. The van der Waals surface area contributed by atoms with Crippen LogP contribution in [0.15, 0.2) is 24.5 Å². The SMILES string of the molecule is [O-][NH+](O)c1c(Cl)ccc(O)c1-c1c[nH]cc1Cl. The fourth-order valence-corrected chi connectivity index (χ4v) is 2.03. The maximum atomic E-state index is 11.2. The molecular weight excluding hydrogens is 267 g/mol. The van der Waals surface area contributed by atoms with Crippen molar-refractivity contribution in [3.63, 3.8) is 0 Å². The summed E-state index contributed by atoms with van der Waals surface area (Å²) in [7, 11) is 0. The Hall–Kier alpha value is -1.24. The van der Waals surface area contributed by atoms with Gasteiger partial charge in [0.05, 0.1) is 10.6 Å². The van der Waals surface area contributed by atoms with Crippen molar-refractivity contribution < 1.29 is 15.5 Å². The zero-order valence-corrected chi connectivity index (χ0v) is 9.88. The number of aromatic nitrogens is 1. The van der Waals surface area contributed by atoms with Gasteiger partial charge in [-0.3, -0.25) is 0 Å². The van der Waals surface area contributed by atoms with Crippen molar-refractivity contribution in [3.05, 3.63) is 39.8 Å². The first-order valence-electron chi connectivity index (χ1n) is 4.59. The van der Waals surface area contributed by atoms with Crippen LogP contribution in [0.1, 0.15) is 0 Å². The molecule has 1 aromatic heterocycles. The number of quaternary nitrogens is 1. The summed E-state index contributed by atoms with van der Waals surface area (Å²) in [5.41, 5.74) is 0.327. The van der Waals surface area contributed by atoms with Crippen LogP contribution >= 0.6 is 23.2 Å². The van der Waals surface area contributed by atoms with E-state index in [1.807, 2.05) is 0 Å². The Bertz CT molecular complexity index is 554. The number of nitrogens with one attached hydrogen (secondary N) is 2. The van der Waals surface area contributed by atoms with E-state index in [0.717, 1.165) is 0 Å². The largest absolute Gasteiger partial charge is 0.595 e. The lowest BCUT2D eigenvalue weighted by molar-refractivity contribution is -0.990. The number of hydrogen-bond donors (Lipinski definition) is 4. The Morgan fingerprint density at radius 3 is 2.41 bits per heavy atom. The van der Waals surface area contributed by atoms with Crippen LogP contribution in [0.25, 0.3) is 11.1 Å². The highest BCUT2D eigenvalue weighted by Crippen LogP contribution is 2.41. The number of phenolic OH excluding ortho intramolecular Hbond substituents is 1. The minimum absolute atomic E-state index is 0.0440. The number of aromatic amines is 1. The minimum atomic E-state index is -1.22. The predicted octanol–water partition coefficient (Wildman–Crippen LogP) is 2.10. The van der Waals surface area contributed by atoms with Gasteiger partial charge < -0.3 is 15.3 Å². The Morgan fingerprint density at radius 1 is 1.18 bits per heavy atom. The van der Waals surface area contributed by atoms with Gasteiger partial charge in [0.15, 0.2) is 5.69 Å². The maximum absolute atomic E-state index is 11.2. The smallest absolute Gasteiger partial charge is 0.194 e. The summed E-state index contributed by atoms with van der Waals surface area (Å²) in [6.07, 6.45) is 2.99. The van der Waals surface area contributed by atoms with E-state index in [4.69, 9.17) is 28.4 Å².